The smallest absolute Gasteiger partial charge is 0.239 e. The fourth-order valence-electron chi connectivity index (χ4n) is 6.68. The van der Waals surface area contributed by atoms with Crippen molar-refractivity contribution in [3.05, 3.63) is 101 Å². The molecule has 0 spiro atoms. The Morgan fingerprint density at radius 3 is 1.50 bits per heavy atom. The van der Waals surface area contributed by atoms with Crippen molar-refractivity contribution in [1.82, 2.24) is 0 Å². The summed E-state index contributed by atoms with van der Waals surface area (Å²) in [5, 5.41) is 0.331. The van der Waals surface area contributed by atoms with E-state index in [0.717, 1.165) is 22.3 Å². The average Bonchev–Trinajstić information content (AvgIpc) is 3.30. The molecule has 1 saturated heterocycles. The first-order valence-corrected chi connectivity index (χ1v) is 11.7. The molecule has 4 nitrogen and oxygen atoms in total. The van der Waals surface area contributed by atoms with Crippen molar-refractivity contribution >= 4 is 46.0 Å². The Kier molecular flexibility index (Phi) is 4.34. The second-order valence-electron chi connectivity index (χ2n) is 9.63. The number of fused-ring (bicyclic) bond motifs is 5. The minimum absolute atomic E-state index is 0.0618. The highest BCUT2D eigenvalue weighted by Crippen LogP contribution is 2.73. The van der Waals surface area contributed by atoms with Crippen molar-refractivity contribution in [1.29, 1.82) is 0 Å². The number of Topliss-reactive ketones (excluding diaryl/α,β-unsaturated/α-hetero) is 1. The second kappa shape index (κ2) is 7.00. The molecule has 3 aromatic carbocycles. The van der Waals surface area contributed by atoms with Crippen LogP contribution >= 0.6 is 11.6 Å². The average molecular weight is 468 g/mol. The Balaban J connectivity index is 1.64. The van der Waals surface area contributed by atoms with Crippen LogP contribution in [0.1, 0.15) is 25.0 Å². The number of rotatable bonds is 3. The molecule has 0 unspecified atom stereocenters. The SMILES string of the molecule is C[C@]12C(=O)[C@](C)(C(c3ccccc3)=C1c1ccccc1)[C@H]1C(=O)N(c3ccccc3Cl)C(=O)[C@@H]12. The lowest BCUT2D eigenvalue weighted by Gasteiger charge is -2.35. The Bertz CT molecular complexity index is 1330. The molecule has 3 aromatic rings. The van der Waals surface area contributed by atoms with Crippen molar-refractivity contribution in [3.8, 4) is 0 Å². The lowest BCUT2D eigenvalue weighted by molar-refractivity contribution is -0.133. The second-order valence-corrected chi connectivity index (χ2v) is 10.0. The van der Waals surface area contributed by atoms with Crippen LogP contribution < -0.4 is 4.90 Å². The van der Waals surface area contributed by atoms with Crippen LogP contribution in [0.5, 0.6) is 0 Å². The minimum atomic E-state index is -1.13. The third kappa shape index (κ3) is 2.36. The molecule has 2 bridgehead atoms. The Labute approximate surface area is 202 Å². The summed E-state index contributed by atoms with van der Waals surface area (Å²) in [6, 6.07) is 26.3. The Hall–Kier alpha value is -3.50. The summed E-state index contributed by atoms with van der Waals surface area (Å²) in [6.07, 6.45) is 0. The van der Waals surface area contributed by atoms with Gasteiger partial charge in [-0.1, -0.05) is 84.4 Å². The van der Waals surface area contributed by atoms with Gasteiger partial charge in [-0.2, -0.15) is 0 Å². The molecule has 4 atom stereocenters. The van der Waals surface area contributed by atoms with Crippen LogP contribution in [0, 0.1) is 22.7 Å². The van der Waals surface area contributed by atoms with Gasteiger partial charge in [-0.3, -0.25) is 14.4 Å². The van der Waals surface area contributed by atoms with Crippen LogP contribution in [0.3, 0.4) is 0 Å². The van der Waals surface area contributed by atoms with Gasteiger partial charge in [-0.15, -0.1) is 0 Å². The highest BCUT2D eigenvalue weighted by molar-refractivity contribution is 6.38. The lowest BCUT2D eigenvalue weighted by Crippen LogP contribution is -2.40. The van der Waals surface area contributed by atoms with E-state index in [1.807, 2.05) is 74.5 Å². The zero-order valence-corrected chi connectivity index (χ0v) is 19.5. The molecule has 3 aliphatic rings. The Morgan fingerprint density at radius 1 is 0.647 bits per heavy atom. The van der Waals surface area contributed by atoms with E-state index in [-0.39, 0.29) is 17.6 Å². The highest BCUT2D eigenvalue weighted by atomic mass is 35.5. The van der Waals surface area contributed by atoms with Crippen LogP contribution in [0.25, 0.3) is 11.1 Å². The van der Waals surface area contributed by atoms with E-state index in [1.165, 1.54) is 4.90 Å². The van der Waals surface area contributed by atoms with Crippen LogP contribution in [-0.2, 0) is 14.4 Å². The van der Waals surface area contributed by atoms with E-state index in [1.54, 1.807) is 24.3 Å². The van der Waals surface area contributed by atoms with Crippen molar-refractivity contribution in [3.63, 3.8) is 0 Å². The number of halogens is 1. The minimum Gasteiger partial charge on any atom is -0.298 e. The van der Waals surface area contributed by atoms with Gasteiger partial charge in [0, 0.05) is 0 Å². The number of para-hydroxylation sites is 1. The third-order valence-corrected chi connectivity index (χ3v) is 8.32. The van der Waals surface area contributed by atoms with Crippen LogP contribution in [0.2, 0.25) is 5.02 Å². The molecule has 0 radical (unpaired) electrons. The molecule has 5 heteroatoms. The maximum absolute atomic E-state index is 14.2. The van der Waals surface area contributed by atoms with E-state index in [0.29, 0.717) is 10.7 Å². The zero-order valence-electron chi connectivity index (χ0n) is 18.8. The maximum atomic E-state index is 14.2. The van der Waals surface area contributed by atoms with Crippen molar-refractivity contribution in [2.45, 2.75) is 13.8 Å². The van der Waals surface area contributed by atoms with Crippen molar-refractivity contribution < 1.29 is 14.4 Å². The molecule has 0 N–H and O–H groups in total. The number of benzene rings is 3. The first-order chi connectivity index (χ1) is 16.3. The van der Waals surface area contributed by atoms with Crippen LogP contribution in [0.15, 0.2) is 84.9 Å². The molecular formula is C29H22ClNO3. The number of amides is 2. The molecule has 1 heterocycles. The van der Waals surface area contributed by atoms with E-state index < -0.39 is 22.7 Å². The molecule has 2 amide bonds. The maximum Gasteiger partial charge on any atom is 0.239 e. The number of ketones is 1. The van der Waals surface area contributed by atoms with Crippen molar-refractivity contribution in [2.24, 2.45) is 22.7 Å². The summed E-state index contributed by atoms with van der Waals surface area (Å²) < 4.78 is 0. The van der Waals surface area contributed by atoms with E-state index in [9.17, 15) is 14.4 Å². The standard InChI is InChI=1S/C29H22ClNO3/c1-28-21(17-11-5-3-6-12-17)22(18-13-7-4-8-14-18)29(2,27(28)34)24-23(28)25(32)31(26(24)33)20-16-10-9-15-19(20)30/h3-16,23-24H,1-2H3/t23-,24-,28-,29+/m1/s1. The number of carbonyl (C=O) groups excluding carboxylic acids is 3. The van der Waals surface area contributed by atoms with Gasteiger partial charge in [0.2, 0.25) is 11.8 Å². The summed E-state index contributed by atoms with van der Waals surface area (Å²) in [7, 11) is 0. The number of anilines is 1. The molecule has 2 aliphatic carbocycles. The van der Waals surface area contributed by atoms with Crippen LogP contribution in [0.4, 0.5) is 5.69 Å². The van der Waals surface area contributed by atoms with Gasteiger partial charge in [0.25, 0.3) is 0 Å². The topological polar surface area (TPSA) is 54.5 Å². The van der Waals surface area contributed by atoms with Gasteiger partial charge in [0.15, 0.2) is 5.78 Å². The van der Waals surface area contributed by atoms with Crippen molar-refractivity contribution in [2.75, 3.05) is 4.90 Å². The quantitative estimate of drug-likeness (QED) is 0.466. The van der Waals surface area contributed by atoms with E-state index in [2.05, 4.69) is 0 Å². The fourth-order valence-corrected chi connectivity index (χ4v) is 6.90. The summed E-state index contributed by atoms with van der Waals surface area (Å²) in [5.74, 6) is -2.34. The molecule has 2 fully saturated rings. The predicted octanol–water partition coefficient (Wildman–Crippen LogP) is 5.67. The first-order valence-electron chi connectivity index (χ1n) is 11.4. The molecular weight excluding hydrogens is 446 g/mol. The monoisotopic (exact) mass is 467 g/mol. The number of imide groups is 1. The fraction of sp³-hybridized carbons (Fsp3) is 0.207. The summed E-state index contributed by atoms with van der Waals surface area (Å²) >= 11 is 6.40. The van der Waals surface area contributed by atoms with E-state index >= 15 is 0 Å². The number of carbonyl (C=O) groups is 3. The van der Waals surface area contributed by atoms with Gasteiger partial charge in [0.1, 0.15) is 0 Å². The van der Waals surface area contributed by atoms with Gasteiger partial charge in [-0.25, -0.2) is 4.90 Å². The summed E-state index contributed by atoms with van der Waals surface area (Å²) in [4.78, 5) is 43.3. The summed E-state index contributed by atoms with van der Waals surface area (Å²) in [5.41, 5.74) is 1.59. The normalized spacial score (nSPS) is 29.9. The molecule has 0 aromatic heterocycles. The third-order valence-electron chi connectivity index (χ3n) is 8.00. The van der Waals surface area contributed by atoms with Gasteiger partial charge in [0.05, 0.1) is 33.4 Å². The summed E-state index contributed by atoms with van der Waals surface area (Å²) in [6.45, 7) is 3.69. The molecule has 1 aliphatic heterocycles. The molecule has 6 rings (SSSR count). The largest absolute Gasteiger partial charge is 0.298 e. The van der Waals surface area contributed by atoms with Gasteiger partial charge >= 0.3 is 0 Å². The number of hydrogen-bond donors (Lipinski definition) is 0. The van der Waals surface area contributed by atoms with Gasteiger partial charge < -0.3 is 0 Å². The zero-order chi connectivity index (χ0) is 23.8. The predicted molar refractivity (Wildman–Crippen MR) is 132 cm³/mol. The Morgan fingerprint density at radius 2 is 1.06 bits per heavy atom. The van der Waals surface area contributed by atoms with E-state index in [4.69, 9.17) is 11.6 Å². The highest BCUT2D eigenvalue weighted by Gasteiger charge is 2.79. The van der Waals surface area contributed by atoms with Crippen LogP contribution in [-0.4, -0.2) is 17.6 Å². The molecule has 1 saturated carbocycles. The molecule has 168 valence electrons. The first kappa shape index (κ1) is 21.1. The number of hydrogen-bond acceptors (Lipinski definition) is 3. The number of allylic oxidation sites excluding steroid dienone is 2. The number of nitrogens with zero attached hydrogens (tertiary/aromatic N) is 1. The van der Waals surface area contributed by atoms with Gasteiger partial charge in [-0.05, 0) is 48.3 Å². The lowest BCUT2D eigenvalue weighted by atomic mass is 9.63. The molecule has 34 heavy (non-hydrogen) atoms.